The van der Waals surface area contributed by atoms with Crippen molar-refractivity contribution in [2.24, 2.45) is 11.8 Å². The van der Waals surface area contributed by atoms with Crippen LogP contribution >= 0.6 is 0 Å². The number of carbonyl (C=O) groups excluding carboxylic acids is 2. The van der Waals surface area contributed by atoms with Gasteiger partial charge in [0.2, 0.25) is 0 Å². The summed E-state index contributed by atoms with van der Waals surface area (Å²) in [5.74, 6) is 0.687. The van der Waals surface area contributed by atoms with Gasteiger partial charge in [0, 0.05) is 37.1 Å². The Labute approximate surface area is 197 Å². The Hall–Kier alpha value is -2.41. The molecule has 0 spiro atoms. The number of nitrogens with one attached hydrogen (secondary N) is 1. The minimum Gasteiger partial charge on any atom is -0.350 e. The van der Waals surface area contributed by atoms with Gasteiger partial charge in [0.05, 0.1) is 11.9 Å². The van der Waals surface area contributed by atoms with Crippen LogP contribution in [0.5, 0.6) is 0 Å². The third-order valence-electron chi connectivity index (χ3n) is 8.37. The summed E-state index contributed by atoms with van der Waals surface area (Å²) in [4.78, 5) is 37.9. The molecule has 1 N–H and O–H groups in total. The van der Waals surface area contributed by atoms with Crippen LogP contribution in [0.2, 0.25) is 0 Å². The molecular weight excluding hydrogens is 414 g/mol. The Balaban J connectivity index is 1.44. The van der Waals surface area contributed by atoms with Crippen LogP contribution in [0.4, 0.5) is 5.69 Å². The number of rotatable bonds is 5. The predicted octanol–water partition coefficient (Wildman–Crippen LogP) is 3.14. The van der Waals surface area contributed by atoms with Crippen molar-refractivity contribution in [3.63, 3.8) is 0 Å². The summed E-state index contributed by atoms with van der Waals surface area (Å²) < 4.78 is 0. The Morgan fingerprint density at radius 1 is 1.21 bits per heavy atom. The number of hydrogen-bond acceptors (Lipinski definition) is 5. The van der Waals surface area contributed by atoms with E-state index in [2.05, 4.69) is 40.9 Å². The van der Waals surface area contributed by atoms with Crippen LogP contribution < -0.4 is 10.2 Å². The lowest BCUT2D eigenvalue weighted by Crippen LogP contribution is -2.55. The van der Waals surface area contributed by atoms with Gasteiger partial charge in [0.25, 0.3) is 11.8 Å². The van der Waals surface area contributed by atoms with Crippen molar-refractivity contribution in [3.05, 3.63) is 36.4 Å². The molecule has 4 unspecified atom stereocenters. The highest BCUT2D eigenvalue weighted by Crippen LogP contribution is 2.47. The molecule has 2 amide bonds. The number of aromatic nitrogens is 1. The number of nitrogens with zero attached hydrogens (tertiary/aromatic N) is 4. The molecule has 0 radical (unpaired) electrons. The summed E-state index contributed by atoms with van der Waals surface area (Å²) in [6.07, 6.45) is 12.0. The SMILES string of the molecule is CC1C2CCCCC2N2C(C(=O)NC[C@@H]3CCCN3C(C)C)=CN(c3cccnc3)C(=O)C12. The van der Waals surface area contributed by atoms with Gasteiger partial charge in [0.15, 0.2) is 0 Å². The zero-order valence-electron chi connectivity index (χ0n) is 20.1. The highest BCUT2D eigenvalue weighted by molar-refractivity contribution is 6.05. The first-order valence-corrected chi connectivity index (χ1v) is 12.7. The average molecular weight is 452 g/mol. The van der Waals surface area contributed by atoms with Gasteiger partial charge in [0.1, 0.15) is 11.7 Å². The largest absolute Gasteiger partial charge is 0.350 e. The number of anilines is 1. The number of fused-ring (bicyclic) bond motifs is 3. The van der Waals surface area contributed by atoms with Crippen LogP contribution in [0.3, 0.4) is 0 Å². The number of carbonyl (C=O) groups is 2. The Kier molecular flexibility index (Phi) is 6.16. The monoisotopic (exact) mass is 451 g/mol. The van der Waals surface area contributed by atoms with Gasteiger partial charge in [-0.25, -0.2) is 0 Å². The van der Waals surface area contributed by atoms with Gasteiger partial charge in [-0.05, 0) is 70.0 Å². The van der Waals surface area contributed by atoms with Gasteiger partial charge in [-0.15, -0.1) is 0 Å². The van der Waals surface area contributed by atoms with Gasteiger partial charge >= 0.3 is 0 Å². The van der Waals surface area contributed by atoms with Crippen molar-refractivity contribution in [1.82, 2.24) is 20.1 Å². The average Bonchev–Trinajstić information content (AvgIpc) is 3.42. The van der Waals surface area contributed by atoms with Crippen LogP contribution in [-0.2, 0) is 9.59 Å². The van der Waals surface area contributed by atoms with Gasteiger partial charge in [-0.2, -0.15) is 0 Å². The third kappa shape index (κ3) is 3.94. The van der Waals surface area contributed by atoms with Crippen LogP contribution in [0.25, 0.3) is 0 Å². The minimum atomic E-state index is -0.289. The van der Waals surface area contributed by atoms with E-state index in [1.54, 1.807) is 23.5 Å². The van der Waals surface area contributed by atoms with E-state index in [9.17, 15) is 9.59 Å². The first kappa shape index (κ1) is 22.4. The summed E-state index contributed by atoms with van der Waals surface area (Å²) in [5.41, 5.74) is 1.36. The second kappa shape index (κ2) is 9.09. The summed E-state index contributed by atoms with van der Waals surface area (Å²) in [6, 6.07) is 4.56. The van der Waals surface area contributed by atoms with E-state index >= 15 is 0 Å². The highest BCUT2D eigenvalue weighted by Gasteiger charge is 2.54. The lowest BCUT2D eigenvalue weighted by Gasteiger charge is -2.41. The minimum absolute atomic E-state index is 0.0585. The van der Waals surface area contributed by atoms with Crippen LogP contribution in [-0.4, -0.2) is 63.9 Å². The van der Waals surface area contributed by atoms with Crippen LogP contribution in [0, 0.1) is 11.8 Å². The molecule has 178 valence electrons. The maximum absolute atomic E-state index is 13.7. The smallest absolute Gasteiger partial charge is 0.269 e. The molecule has 3 aliphatic heterocycles. The van der Waals surface area contributed by atoms with Crippen LogP contribution in [0.1, 0.15) is 59.3 Å². The fraction of sp³-hybridized carbons (Fsp3) is 0.654. The van der Waals surface area contributed by atoms with E-state index in [-0.39, 0.29) is 29.8 Å². The van der Waals surface area contributed by atoms with E-state index in [4.69, 9.17) is 0 Å². The van der Waals surface area contributed by atoms with E-state index in [1.165, 1.54) is 12.8 Å². The maximum atomic E-state index is 13.7. The Bertz CT molecular complexity index is 917. The molecule has 7 heteroatoms. The van der Waals surface area contributed by atoms with Crippen molar-refractivity contribution in [2.45, 2.75) is 83.5 Å². The number of hydrogen-bond donors (Lipinski definition) is 1. The third-order valence-corrected chi connectivity index (χ3v) is 8.37. The predicted molar refractivity (Wildman–Crippen MR) is 128 cm³/mol. The number of likely N-dealkylation sites (tertiary alicyclic amines) is 1. The van der Waals surface area contributed by atoms with Crippen molar-refractivity contribution in [1.29, 1.82) is 0 Å². The standard InChI is InChI=1S/C26H37N5O2/c1-17(2)29-13-7-9-20(29)15-28-25(32)23-16-30(19-8-6-12-27-14-19)26(33)24-18(3)21-10-4-5-11-22(21)31(23)24/h6,8,12,14,16-18,20-22,24H,4-5,7,9-11,13,15H2,1-3H3,(H,28,32)/t18?,20-,21?,22?,24?/m0/s1. The van der Waals surface area contributed by atoms with Crippen molar-refractivity contribution < 1.29 is 9.59 Å². The molecule has 33 heavy (non-hydrogen) atoms. The molecule has 4 aliphatic rings. The first-order valence-electron chi connectivity index (χ1n) is 12.7. The van der Waals surface area contributed by atoms with E-state index in [0.717, 1.165) is 37.9 Å². The molecule has 1 aromatic rings. The summed E-state index contributed by atoms with van der Waals surface area (Å²) in [6.45, 7) is 8.39. The first-order chi connectivity index (χ1) is 16.0. The summed E-state index contributed by atoms with van der Waals surface area (Å²) in [5, 5.41) is 3.24. The number of pyridine rings is 1. The molecule has 4 heterocycles. The summed E-state index contributed by atoms with van der Waals surface area (Å²) >= 11 is 0. The topological polar surface area (TPSA) is 68.8 Å². The second-order valence-corrected chi connectivity index (χ2v) is 10.5. The molecule has 0 bridgehead atoms. The van der Waals surface area contributed by atoms with E-state index < -0.39 is 0 Å². The lowest BCUT2D eigenvalue weighted by atomic mass is 9.79. The Morgan fingerprint density at radius 3 is 2.79 bits per heavy atom. The molecule has 3 fully saturated rings. The quantitative estimate of drug-likeness (QED) is 0.745. The van der Waals surface area contributed by atoms with E-state index in [0.29, 0.717) is 30.2 Å². The molecule has 2 saturated heterocycles. The zero-order chi connectivity index (χ0) is 23.1. The Morgan fingerprint density at radius 2 is 2.03 bits per heavy atom. The van der Waals surface area contributed by atoms with E-state index in [1.807, 2.05) is 12.1 Å². The molecule has 0 aromatic carbocycles. The highest BCUT2D eigenvalue weighted by atomic mass is 16.2. The van der Waals surface area contributed by atoms with Gasteiger partial charge < -0.3 is 10.2 Å². The molecule has 7 nitrogen and oxygen atoms in total. The number of amides is 2. The maximum Gasteiger partial charge on any atom is 0.269 e. The van der Waals surface area contributed by atoms with Crippen molar-refractivity contribution in [2.75, 3.05) is 18.0 Å². The van der Waals surface area contributed by atoms with Crippen LogP contribution in [0.15, 0.2) is 36.4 Å². The second-order valence-electron chi connectivity index (χ2n) is 10.5. The van der Waals surface area contributed by atoms with Crippen molar-refractivity contribution in [3.8, 4) is 0 Å². The zero-order valence-corrected chi connectivity index (χ0v) is 20.1. The fourth-order valence-electron chi connectivity index (χ4n) is 6.79. The molecule has 1 aromatic heterocycles. The van der Waals surface area contributed by atoms with Gasteiger partial charge in [-0.3, -0.25) is 24.4 Å². The normalized spacial score (nSPS) is 32.1. The van der Waals surface area contributed by atoms with Crippen molar-refractivity contribution >= 4 is 17.5 Å². The molecule has 1 aliphatic carbocycles. The summed E-state index contributed by atoms with van der Waals surface area (Å²) in [7, 11) is 0. The molecular formula is C26H37N5O2. The molecule has 5 atom stereocenters. The molecule has 1 saturated carbocycles. The van der Waals surface area contributed by atoms with Gasteiger partial charge in [-0.1, -0.05) is 19.8 Å². The molecule has 5 rings (SSSR count). The lowest BCUT2D eigenvalue weighted by molar-refractivity contribution is -0.126. The fourth-order valence-corrected chi connectivity index (χ4v) is 6.79.